The number of hydrogen-bond donors (Lipinski definition) is 1. The Kier molecular flexibility index (Phi) is 6.84. The fourth-order valence-electron chi connectivity index (χ4n) is 3.02. The Bertz CT molecular complexity index is 278. The smallest absolute Gasteiger partial charge is 0.241 e. The molecule has 0 radical (unpaired) electrons. The lowest BCUT2D eigenvalue weighted by molar-refractivity contribution is -0.132. The van der Waals surface area contributed by atoms with Gasteiger partial charge in [0.1, 0.15) is 0 Å². The van der Waals surface area contributed by atoms with Crippen molar-refractivity contribution in [3.8, 4) is 0 Å². The van der Waals surface area contributed by atoms with Crippen molar-refractivity contribution < 1.29 is 4.79 Å². The Hall–Kier alpha value is -0.570. The molecule has 1 aliphatic rings. The summed E-state index contributed by atoms with van der Waals surface area (Å²) >= 11 is 0. The Morgan fingerprint density at radius 3 is 2.42 bits per heavy atom. The quantitative estimate of drug-likeness (QED) is 0.730. The third kappa shape index (κ3) is 4.48. The molecule has 0 saturated carbocycles. The predicted molar refractivity (Wildman–Crippen MR) is 80.9 cm³/mol. The van der Waals surface area contributed by atoms with Crippen LogP contribution in [-0.4, -0.2) is 29.1 Å². The molecule has 0 aromatic rings. The van der Waals surface area contributed by atoms with E-state index in [4.69, 9.17) is 0 Å². The fourth-order valence-corrected chi connectivity index (χ4v) is 3.02. The van der Waals surface area contributed by atoms with Crippen LogP contribution in [0, 0.1) is 5.92 Å². The van der Waals surface area contributed by atoms with Gasteiger partial charge in [0.25, 0.3) is 0 Å². The summed E-state index contributed by atoms with van der Waals surface area (Å²) in [7, 11) is 0. The molecule has 1 aliphatic heterocycles. The standard InChI is InChI=1S/C16H32N2O/c1-6-8-10-13(5)18-15(9-7-2)17-14(16(18)19)11-12(3)4/h12-15,17H,6-11H2,1-5H3. The molecule has 1 amide bonds. The summed E-state index contributed by atoms with van der Waals surface area (Å²) in [6.45, 7) is 11.0. The Labute approximate surface area is 119 Å². The Balaban J connectivity index is 2.70. The molecule has 3 nitrogen and oxygen atoms in total. The largest absolute Gasteiger partial charge is 0.323 e. The highest BCUT2D eigenvalue weighted by atomic mass is 16.2. The van der Waals surface area contributed by atoms with Gasteiger partial charge in [-0.15, -0.1) is 0 Å². The molecule has 0 aliphatic carbocycles. The maximum absolute atomic E-state index is 12.6. The highest BCUT2D eigenvalue weighted by Gasteiger charge is 2.40. The zero-order valence-electron chi connectivity index (χ0n) is 13.4. The maximum atomic E-state index is 12.6. The highest BCUT2D eigenvalue weighted by molar-refractivity contribution is 5.84. The van der Waals surface area contributed by atoms with E-state index in [0.29, 0.717) is 17.9 Å². The van der Waals surface area contributed by atoms with Gasteiger partial charge in [-0.05, 0) is 32.1 Å². The van der Waals surface area contributed by atoms with Crippen LogP contribution < -0.4 is 5.32 Å². The second kappa shape index (κ2) is 7.88. The third-order valence-electron chi connectivity index (χ3n) is 4.00. The molecule has 0 bridgehead atoms. The predicted octanol–water partition coefficient (Wildman–Crippen LogP) is 3.54. The summed E-state index contributed by atoms with van der Waals surface area (Å²) in [5, 5.41) is 3.56. The van der Waals surface area contributed by atoms with Gasteiger partial charge in [-0.3, -0.25) is 10.1 Å². The van der Waals surface area contributed by atoms with Gasteiger partial charge in [0.2, 0.25) is 5.91 Å². The van der Waals surface area contributed by atoms with Gasteiger partial charge in [-0.25, -0.2) is 0 Å². The first-order valence-corrected chi connectivity index (χ1v) is 8.09. The molecular formula is C16H32N2O. The summed E-state index contributed by atoms with van der Waals surface area (Å²) < 4.78 is 0. The monoisotopic (exact) mass is 268 g/mol. The van der Waals surface area contributed by atoms with Crippen LogP contribution in [0.15, 0.2) is 0 Å². The maximum Gasteiger partial charge on any atom is 0.241 e. The summed E-state index contributed by atoms with van der Waals surface area (Å²) in [4.78, 5) is 14.7. The topological polar surface area (TPSA) is 32.3 Å². The van der Waals surface area contributed by atoms with E-state index < -0.39 is 0 Å². The second-order valence-electron chi connectivity index (χ2n) is 6.39. The first-order chi connectivity index (χ1) is 9.01. The molecule has 112 valence electrons. The minimum absolute atomic E-state index is 0.0422. The fraction of sp³-hybridized carbons (Fsp3) is 0.938. The lowest BCUT2D eigenvalue weighted by atomic mass is 10.0. The van der Waals surface area contributed by atoms with E-state index in [1.807, 2.05) is 0 Å². The molecule has 1 saturated heterocycles. The van der Waals surface area contributed by atoms with Crippen LogP contribution in [0.25, 0.3) is 0 Å². The molecule has 3 atom stereocenters. The van der Waals surface area contributed by atoms with Crippen molar-refractivity contribution in [2.45, 2.75) is 91.4 Å². The molecule has 0 aromatic heterocycles. The van der Waals surface area contributed by atoms with E-state index in [9.17, 15) is 4.79 Å². The van der Waals surface area contributed by atoms with Crippen LogP contribution in [0.1, 0.15) is 73.1 Å². The van der Waals surface area contributed by atoms with Crippen LogP contribution >= 0.6 is 0 Å². The number of hydrogen-bond acceptors (Lipinski definition) is 2. The first-order valence-electron chi connectivity index (χ1n) is 8.09. The first kappa shape index (κ1) is 16.5. The van der Waals surface area contributed by atoms with Crippen molar-refractivity contribution in [1.82, 2.24) is 10.2 Å². The number of carbonyl (C=O) groups is 1. The molecule has 1 fully saturated rings. The van der Waals surface area contributed by atoms with Crippen LogP contribution in [0.3, 0.4) is 0 Å². The Morgan fingerprint density at radius 1 is 1.21 bits per heavy atom. The van der Waals surface area contributed by atoms with E-state index in [1.165, 1.54) is 12.8 Å². The van der Waals surface area contributed by atoms with Crippen molar-refractivity contribution in [1.29, 1.82) is 0 Å². The SMILES string of the molecule is CCCCC(C)N1C(=O)C(CC(C)C)NC1CCC. The van der Waals surface area contributed by atoms with Crippen LogP contribution in [-0.2, 0) is 4.79 Å². The average molecular weight is 268 g/mol. The van der Waals surface area contributed by atoms with Gasteiger partial charge in [0, 0.05) is 6.04 Å². The van der Waals surface area contributed by atoms with Gasteiger partial charge in [-0.1, -0.05) is 47.0 Å². The molecule has 1 N–H and O–H groups in total. The summed E-state index contributed by atoms with van der Waals surface area (Å²) in [6, 6.07) is 0.411. The average Bonchev–Trinajstić information content (AvgIpc) is 2.63. The minimum atomic E-state index is 0.0422. The van der Waals surface area contributed by atoms with Gasteiger partial charge < -0.3 is 4.90 Å². The number of rotatable bonds is 8. The molecule has 3 heteroatoms. The number of amides is 1. The molecule has 19 heavy (non-hydrogen) atoms. The van der Waals surface area contributed by atoms with E-state index in [2.05, 4.69) is 44.8 Å². The summed E-state index contributed by atoms with van der Waals surface area (Å²) in [6.07, 6.45) is 6.93. The van der Waals surface area contributed by atoms with Crippen molar-refractivity contribution in [3.63, 3.8) is 0 Å². The van der Waals surface area contributed by atoms with Gasteiger partial charge in [0.05, 0.1) is 12.2 Å². The molecular weight excluding hydrogens is 236 g/mol. The molecule has 1 rings (SSSR count). The van der Waals surface area contributed by atoms with Crippen LogP contribution in [0.5, 0.6) is 0 Å². The molecule has 3 unspecified atom stereocenters. The zero-order chi connectivity index (χ0) is 14.4. The third-order valence-corrected chi connectivity index (χ3v) is 4.00. The molecule has 0 aromatic carbocycles. The van der Waals surface area contributed by atoms with Crippen molar-refractivity contribution in [3.05, 3.63) is 0 Å². The second-order valence-corrected chi connectivity index (χ2v) is 6.39. The van der Waals surface area contributed by atoms with E-state index in [1.54, 1.807) is 0 Å². The summed E-state index contributed by atoms with van der Waals surface area (Å²) in [5.41, 5.74) is 0. The number of carbonyl (C=O) groups excluding carboxylic acids is 1. The van der Waals surface area contributed by atoms with Crippen molar-refractivity contribution in [2.24, 2.45) is 5.92 Å². The van der Waals surface area contributed by atoms with Crippen molar-refractivity contribution in [2.75, 3.05) is 0 Å². The lowest BCUT2D eigenvalue weighted by Crippen LogP contribution is -2.43. The zero-order valence-corrected chi connectivity index (χ0v) is 13.4. The lowest BCUT2D eigenvalue weighted by Gasteiger charge is -2.30. The molecule has 1 heterocycles. The van der Waals surface area contributed by atoms with Crippen LogP contribution in [0.2, 0.25) is 0 Å². The normalized spacial score (nSPS) is 25.4. The van der Waals surface area contributed by atoms with E-state index >= 15 is 0 Å². The van der Waals surface area contributed by atoms with E-state index in [-0.39, 0.29) is 12.2 Å². The van der Waals surface area contributed by atoms with Crippen LogP contribution in [0.4, 0.5) is 0 Å². The number of nitrogens with zero attached hydrogens (tertiary/aromatic N) is 1. The number of unbranched alkanes of at least 4 members (excludes halogenated alkanes) is 1. The van der Waals surface area contributed by atoms with E-state index in [0.717, 1.165) is 25.7 Å². The van der Waals surface area contributed by atoms with Gasteiger partial charge in [-0.2, -0.15) is 0 Å². The summed E-state index contributed by atoms with van der Waals surface area (Å²) in [5.74, 6) is 0.894. The molecule has 0 spiro atoms. The van der Waals surface area contributed by atoms with Gasteiger partial charge >= 0.3 is 0 Å². The minimum Gasteiger partial charge on any atom is -0.323 e. The van der Waals surface area contributed by atoms with Gasteiger partial charge in [0.15, 0.2) is 0 Å². The highest BCUT2D eigenvalue weighted by Crippen LogP contribution is 2.24. The van der Waals surface area contributed by atoms with Crippen molar-refractivity contribution >= 4 is 5.91 Å². The number of nitrogens with one attached hydrogen (secondary N) is 1. The Morgan fingerprint density at radius 2 is 1.89 bits per heavy atom.